The molecule has 1 atom stereocenters. The lowest BCUT2D eigenvalue weighted by atomic mass is 10.1. The van der Waals surface area contributed by atoms with Crippen LogP contribution in [0, 0.1) is 0 Å². The Bertz CT molecular complexity index is 1070. The number of thiophene rings is 1. The number of likely N-dealkylation sites (tertiary alicyclic amines) is 1. The summed E-state index contributed by atoms with van der Waals surface area (Å²) >= 11 is 4.79. The molecule has 29 heavy (non-hydrogen) atoms. The first-order valence-corrected chi connectivity index (χ1v) is 11.1. The second kappa shape index (κ2) is 8.51. The van der Waals surface area contributed by atoms with E-state index in [1.54, 1.807) is 6.07 Å². The third-order valence-electron chi connectivity index (χ3n) is 5.17. The molecule has 3 aromatic rings. The average Bonchev–Trinajstić information content (AvgIpc) is 3.22. The number of amides is 2. The summed E-state index contributed by atoms with van der Waals surface area (Å²) in [5, 5.41) is 3.00. The highest BCUT2D eigenvalue weighted by molar-refractivity contribution is 9.11. The van der Waals surface area contributed by atoms with Gasteiger partial charge in [0, 0.05) is 19.1 Å². The van der Waals surface area contributed by atoms with Gasteiger partial charge >= 0.3 is 0 Å². The van der Waals surface area contributed by atoms with Gasteiger partial charge in [-0.3, -0.25) is 14.9 Å². The van der Waals surface area contributed by atoms with Crippen LogP contribution in [0.3, 0.4) is 0 Å². The van der Waals surface area contributed by atoms with Crippen LogP contribution in [0.15, 0.2) is 52.8 Å². The average molecular weight is 473 g/mol. The van der Waals surface area contributed by atoms with E-state index in [0.29, 0.717) is 17.4 Å². The van der Waals surface area contributed by atoms with Gasteiger partial charge in [0.25, 0.3) is 5.91 Å². The lowest BCUT2D eigenvalue weighted by Gasteiger charge is -2.21. The number of rotatable bonds is 4. The van der Waals surface area contributed by atoms with Crippen LogP contribution in [-0.2, 0) is 4.79 Å². The molecule has 0 spiro atoms. The van der Waals surface area contributed by atoms with Crippen LogP contribution >= 0.6 is 27.3 Å². The highest BCUT2D eigenvalue weighted by atomic mass is 79.9. The van der Waals surface area contributed by atoms with Crippen molar-refractivity contribution in [3.63, 3.8) is 0 Å². The van der Waals surface area contributed by atoms with Crippen molar-refractivity contribution in [2.75, 3.05) is 18.4 Å². The Morgan fingerprint density at radius 1 is 1.21 bits per heavy atom. The summed E-state index contributed by atoms with van der Waals surface area (Å²) in [5.41, 5.74) is 1.84. The smallest absolute Gasteiger partial charge is 0.268 e. The van der Waals surface area contributed by atoms with E-state index in [0.717, 1.165) is 40.6 Å². The van der Waals surface area contributed by atoms with Crippen molar-refractivity contribution in [1.82, 2.24) is 14.5 Å². The lowest BCUT2D eigenvalue weighted by Crippen LogP contribution is -2.30. The van der Waals surface area contributed by atoms with Gasteiger partial charge in [0.15, 0.2) is 0 Å². The number of hydrogen-bond donors (Lipinski definition) is 1. The Morgan fingerprint density at radius 2 is 2.03 bits per heavy atom. The second-order valence-electron chi connectivity index (χ2n) is 6.97. The summed E-state index contributed by atoms with van der Waals surface area (Å²) < 4.78 is 3.03. The Kier molecular flexibility index (Phi) is 5.82. The molecule has 1 fully saturated rings. The maximum absolute atomic E-state index is 12.7. The molecular formula is C21H21BrN4O2S. The zero-order valence-corrected chi connectivity index (χ0v) is 18.2. The number of hydrogen-bond acceptors (Lipinski definition) is 4. The number of carbonyl (C=O) groups excluding carboxylic acids is 2. The maximum Gasteiger partial charge on any atom is 0.268 e. The lowest BCUT2D eigenvalue weighted by molar-refractivity contribution is -0.125. The molecule has 1 aromatic carbocycles. The number of imidazole rings is 1. The van der Waals surface area contributed by atoms with E-state index < -0.39 is 0 Å². The summed E-state index contributed by atoms with van der Waals surface area (Å²) in [7, 11) is 0. The van der Waals surface area contributed by atoms with Gasteiger partial charge in [0.2, 0.25) is 11.9 Å². The van der Waals surface area contributed by atoms with E-state index in [2.05, 4.69) is 37.4 Å². The first-order valence-electron chi connectivity index (χ1n) is 9.52. The standard InChI is InChI=1S/C21H21BrN4O2S/c1-2-19(27)25-12-5-6-14(11-13-25)26-16-8-4-3-7-15(16)23-21(26)24-20(28)17-9-10-18(22)29-17/h2-4,7-10,14H,1,5-6,11-13H2,(H,23,24,28)/t14-/m1/s1. The van der Waals surface area contributed by atoms with Gasteiger partial charge in [-0.1, -0.05) is 18.7 Å². The van der Waals surface area contributed by atoms with Crippen molar-refractivity contribution in [1.29, 1.82) is 0 Å². The largest absolute Gasteiger partial charge is 0.339 e. The third-order valence-corrected chi connectivity index (χ3v) is 6.79. The number of aromatic nitrogens is 2. The van der Waals surface area contributed by atoms with Crippen molar-refractivity contribution in [3.05, 3.63) is 57.7 Å². The van der Waals surface area contributed by atoms with Crippen LogP contribution in [0.5, 0.6) is 0 Å². The van der Waals surface area contributed by atoms with E-state index >= 15 is 0 Å². The van der Waals surface area contributed by atoms with Crippen molar-refractivity contribution >= 4 is 56.1 Å². The fourth-order valence-corrected chi connectivity index (χ4v) is 5.07. The van der Waals surface area contributed by atoms with Crippen molar-refractivity contribution in [3.8, 4) is 0 Å². The number of para-hydroxylation sites is 2. The summed E-state index contributed by atoms with van der Waals surface area (Å²) in [5.74, 6) is 0.349. The van der Waals surface area contributed by atoms with Crippen LogP contribution in [0.2, 0.25) is 0 Å². The van der Waals surface area contributed by atoms with E-state index in [1.807, 2.05) is 35.2 Å². The topological polar surface area (TPSA) is 67.2 Å². The minimum atomic E-state index is -0.172. The van der Waals surface area contributed by atoms with Gasteiger partial charge < -0.3 is 9.47 Å². The highest BCUT2D eigenvalue weighted by Crippen LogP contribution is 2.32. The molecule has 4 rings (SSSR count). The van der Waals surface area contributed by atoms with Gasteiger partial charge in [0.1, 0.15) is 0 Å². The molecule has 2 aromatic heterocycles. The van der Waals surface area contributed by atoms with Gasteiger partial charge in [0.05, 0.1) is 19.7 Å². The van der Waals surface area contributed by atoms with Crippen molar-refractivity contribution in [2.45, 2.75) is 25.3 Å². The number of fused-ring (bicyclic) bond motifs is 1. The van der Waals surface area contributed by atoms with Crippen LogP contribution in [0.25, 0.3) is 11.0 Å². The quantitative estimate of drug-likeness (QED) is 0.551. The molecule has 0 unspecified atom stereocenters. The van der Waals surface area contributed by atoms with Crippen molar-refractivity contribution in [2.24, 2.45) is 0 Å². The molecule has 1 aliphatic rings. The Hall–Kier alpha value is -2.45. The molecule has 0 radical (unpaired) electrons. The molecule has 0 aliphatic carbocycles. The normalized spacial score (nSPS) is 17.1. The van der Waals surface area contributed by atoms with Crippen LogP contribution < -0.4 is 5.32 Å². The minimum Gasteiger partial charge on any atom is -0.339 e. The number of benzene rings is 1. The predicted octanol–water partition coefficient (Wildman–Crippen LogP) is 4.85. The van der Waals surface area contributed by atoms with Crippen molar-refractivity contribution < 1.29 is 9.59 Å². The first-order chi connectivity index (χ1) is 14.1. The van der Waals surface area contributed by atoms with Gasteiger partial charge in [-0.15, -0.1) is 11.3 Å². The zero-order valence-electron chi connectivity index (χ0n) is 15.8. The molecule has 6 nitrogen and oxygen atoms in total. The molecule has 1 saturated heterocycles. The molecule has 0 bridgehead atoms. The highest BCUT2D eigenvalue weighted by Gasteiger charge is 2.25. The van der Waals surface area contributed by atoms with E-state index in [-0.39, 0.29) is 17.9 Å². The monoisotopic (exact) mass is 472 g/mol. The Morgan fingerprint density at radius 3 is 2.79 bits per heavy atom. The SMILES string of the molecule is C=CC(=O)N1CCC[C@@H](n2c(NC(=O)c3ccc(Br)s3)nc3ccccc32)CC1. The number of nitrogens with one attached hydrogen (secondary N) is 1. The Labute approximate surface area is 181 Å². The fourth-order valence-electron chi connectivity index (χ4n) is 3.79. The molecule has 2 amide bonds. The number of carbonyl (C=O) groups is 2. The van der Waals surface area contributed by atoms with E-state index in [4.69, 9.17) is 0 Å². The summed E-state index contributed by atoms with van der Waals surface area (Å²) in [6, 6.07) is 11.7. The number of anilines is 1. The van der Waals surface area contributed by atoms with Gasteiger partial charge in [-0.2, -0.15) is 0 Å². The molecule has 3 heterocycles. The van der Waals surface area contributed by atoms with Crippen LogP contribution in [0.1, 0.15) is 35.0 Å². The van der Waals surface area contributed by atoms with Gasteiger partial charge in [-0.05, 0) is 65.5 Å². The summed E-state index contributed by atoms with van der Waals surface area (Å²) in [4.78, 5) is 31.9. The predicted molar refractivity (Wildman–Crippen MR) is 119 cm³/mol. The third kappa shape index (κ3) is 4.13. The van der Waals surface area contributed by atoms with E-state index in [9.17, 15) is 9.59 Å². The van der Waals surface area contributed by atoms with Crippen LogP contribution in [0.4, 0.5) is 5.95 Å². The fraction of sp³-hybridized carbons (Fsp3) is 0.286. The maximum atomic E-state index is 12.7. The summed E-state index contributed by atoms with van der Waals surface area (Å²) in [6.45, 7) is 4.98. The molecular weight excluding hydrogens is 452 g/mol. The Balaban J connectivity index is 1.65. The molecule has 150 valence electrons. The molecule has 1 N–H and O–H groups in total. The minimum absolute atomic E-state index is 0.0297. The molecule has 0 saturated carbocycles. The van der Waals surface area contributed by atoms with Crippen LogP contribution in [-0.4, -0.2) is 39.4 Å². The van der Waals surface area contributed by atoms with Gasteiger partial charge in [-0.25, -0.2) is 4.98 Å². The first kappa shape index (κ1) is 19.8. The van der Waals surface area contributed by atoms with E-state index in [1.165, 1.54) is 17.4 Å². The molecule has 8 heteroatoms. The number of nitrogens with zero attached hydrogens (tertiary/aromatic N) is 3. The number of halogens is 1. The second-order valence-corrected chi connectivity index (χ2v) is 9.43. The molecule has 1 aliphatic heterocycles. The summed E-state index contributed by atoms with van der Waals surface area (Å²) in [6.07, 6.45) is 3.97. The zero-order chi connectivity index (χ0) is 20.4.